The lowest BCUT2D eigenvalue weighted by atomic mass is 9.71. The fraction of sp³-hybridized carbons (Fsp3) is 0.257. The fourth-order valence-corrected chi connectivity index (χ4v) is 16.8. The summed E-state index contributed by atoms with van der Waals surface area (Å²) in [5.74, 6) is -4.08. The normalized spacial score (nSPS) is 31.3. The number of halogens is 6. The average molecular weight is 1490 g/mol. The molecule has 9 aromatic rings. The van der Waals surface area contributed by atoms with Crippen LogP contribution in [-0.2, 0) is 43.1 Å². The van der Waals surface area contributed by atoms with Crippen molar-refractivity contribution < 1.29 is 64.6 Å². The topological polar surface area (TPSA) is 254 Å². The molecule has 16 nitrogen and oxygen atoms in total. The lowest BCUT2D eigenvalue weighted by molar-refractivity contribution is -0.162. The highest BCUT2D eigenvalue weighted by Gasteiger charge is 2.80. The number of pyridine rings is 3. The summed E-state index contributed by atoms with van der Waals surface area (Å²) in [6.45, 7) is -0.652. The Morgan fingerprint density at radius 2 is 0.739 bits per heavy atom. The standard InChI is InChI=1S/C24H19BrClNO5.2C23H19BrClNO4/c1-31-22(29)18-19(13-5-3-2-4-6-13)24(14-7-9-15(25)10-8-14)23(30,21(18)28)20-17(32-24)11-16(26)12-27-20;2*24-15-8-6-14(7-9-15)23-19(13-4-2-1-3-5-13)17(12-27)21(28)22(23,29)20-18(30-23)10-16(25)11-26-20/h2-12,18-19,21,28,30H,1H3;2*1-11,17,19,21,27-29H,12H2/t18-,19-,21-,23+,24+;2*17-,19-,21-,22+,23+/m111/s1. The van der Waals surface area contributed by atoms with E-state index in [-0.39, 0.29) is 36.0 Å². The van der Waals surface area contributed by atoms with Crippen LogP contribution in [-0.4, -0.2) is 100 Å². The van der Waals surface area contributed by atoms with Crippen LogP contribution in [0, 0.1) is 17.8 Å². The van der Waals surface area contributed by atoms with Crippen molar-refractivity contribution in [3.63, 3.8) is 0 Å². The van der Waals surface area contributed by atoms with Gasteiger partial charge in [0.25, 0.3) is 0 Å². The second-order valence-electron chi connectivity index (χ2n) is 23.6. The van der Waals surface area contributed by atoms with Crippen LogP contribution in [0.2, 0.25) is 15.1 Å². The van der Waals surface area contributed by atoms with Gasteiger partial charge in [-0.25, -0.2) is 0 Å². The molecule has 3 aliphatic heterocycles. The molecule has 0 bridgehead atoms. The number of fused-ring (bicyclic) bond motifs is 9. The predicted molar refractivity (Wildman–Crippen MR) is 351 cm³/mol. The number of aliphatic hydroxyl groups excluding tert-OH is 5. The lowest BCUT2D eigenvalue weighted by Crippen LogP contribution is -2.52. The van der Waals surface area contributed by atoms with E-state index < -0.39 is 93.4 Å². The molecule has 92 heavy (non-hydrogen) atoms. The van der Waals surface area contributed by atoms with Gasteiger partial charge in [0.2, 0.25) is 0 Å². The zero-order chi connectivity index (χ0) is 64.9. The molecule has 15 rings (SSSR count). The summed E-state index contributed by atoms with van der Waals surface area (Å²) in [5.41, 5.74) is -5.28. The molecule has 0 spiro atoms. The Labute approximate surface area is 568 Å². The minimum atomic E-state index is -2.04. The van der Waals surface area contributed by atoms with Gasteiger partial charge in [-0.05, 0) is 69.8 Å². The van der Waals surface area contributed by atoms with Crippen molar-refractivity contribution in [3.05, 3.63) is 280 Å². The minimum absolute atomic E-state index is 0.129. The predicted octanol–water partition coefficient (Wildman–Crippen LogP) is 11.4. The molecule has 22 heteroatoms. The van der Waals surface area contributed by atoms with E-state index in [1.165, 1.54) is 25.7 Å². The van der Waals surface area contributed by atoms with Crippen LogP contribution in [0.4, 0.5) is 0 Å². The van der Waals surface area contributed by atoms with Crippen molar-refractivity contribution in [2.75, 3.05) is 20.3 Å². The molecule has 6 aromatic carbocycles. The first kappa shape index (κ1) is 64.3. The number of ether oxygens (including phenoxy) is 4. The third-order valence-electron chi connectivity index (χ3n) is 19.2. The second-order valence-corrected chi connectivity index (χ2v) is 27.6. The van der Waals surface area contributed by atoms with E-state index in [2.05, 4.69) is 62.7 Å². The number of methoxy groups -OCH3 is 1. The molecule has 8 N–H and O–H groups in total. The molecule has 3 aliphatic carbocycles. The molecular weight excluding hydrogens is 1440 g/mol. The summed E-state index contributed by atoms with van der Waals surface area (Å²) in [7, 11) is 1.26. The Morgan fingerprint density at radius 1 is 0.457 bits per heavy atom. The molecule has 3 saturated carbocycles. The maximum absolute atomic E-state index is 13.0. The van der Waals surface area contributed by atoms with E-state index in [0.717, 1.165) is 24.5 Å². The van der Waals surface area contributed by atoms with Crippen LogP contribution >= 0.6 is 82.6 Å². The SMILES string of the molecule is COC(=O)[C@H]1[C@@H](O)[C@@]2(O)c3ncc(Cl)cc3O[C@@]2(c2ccc(Br)cc2)[C@@H]1c1ccccc1.OC[C@H]1[C@@H](O)[C@@]2(O)c3ncc(Cl)cc3O[C@@]2(c2ccc(Br)cc2)[C@@H]1c1ccccc1.OC[C@H]1[C@@H](O)[C@@]2(O)c3ncc(Cl)cc3O[C@@]2(c2ccc(Br)cc2)[C@@H]1c1ccccc1. The van der Waals surface area contributed by atoms with Crippen molar-refractivity contribution in [1.29, 1.82) is 0 Å². The molecule has 0 radical (unpaired) electrons. The number of rotatable bonds is 9. The highest BCUT2D eigenvalue weighted by molar-refractivity contribution is 9.11. The van der Waals surface area contributed by atoms with Gasteiger partial charge in [0.05, 0.1) is 40.3 Å². The molecule has 0 unspecified atom stereocenters. The first-order valence-electron chi connectivity index (χ1n) is 29.2. The van der Waals surface area contributed by atoms with E-state index in [4.69, 9.17) is 53.8 Å². The highest BCUT2D eigenvalue weighted by atomic mass is 79.9. The summed E-state index contributed by atoms with van der Waals surface area (Å²) in [4.78, 5) is 26.0. The van der Waals surface area contributed by atoms with Gasteiger partial charge >= 0.3 is 5.97 Å². The van der Waals surface area contributed by atoms with Crippen molar-refractivity contribution in [3.8, 4) is 17.2 Å². The zero-order valence-electron chi connectivity index (χ0n) is 48.4. The number of nitrogens with zero attached hydrogens (tertiary/aromatic N) is 3. The van der Waals surface area contributed by atoms with Gasteiger partial charge in [-0.3, -0.25) is 19.7 Å². The number of aliphatic hydroxyl groups is 8. The number of carbonyl (C=O) groups is 1. The summed E-state index contributed by atoms with van der Waals surface area (Å²) >= 11 is 28.8. The number of hydrogen-bond acceptors (Lipinski definition) is 16. The maximum Gasteiger partial charge on any atom is 0.312 e. The van der Waals surface area contributed by atoms with Gasteiger partial charge in [0.1, 0.15) is 40.4 Å². The van der Waals surface area contributed by atoms with Gasteiger partial charge < -0.3 is 59.8 Å². The third kappa shape index (κ3) is 9.39. The van der Waals surface area contributed by atoms with Crippen LogP contribution < -0.4 is 14.2 Å². The van der Waals surface area contributed by atoms with Gasteiger partial charge in [0, 0.05) is 93.0 Å². The zero-order valence-corrected chi connectivity index (χ0v) is 55.4. The van der Waals surface area contributed by atoms with Gasteiger partial charge in [-0.2, -0.15) is 0 Å². The Balaban J connectivity index is 0.000000126. The van der Waals surface area contributed by atoms with Crippen LogP contribution in [0.5, 0.6) is 17.2 Å². The van der Waals surface area contributed by atoms with Crippen molar-refractivity contribution >= 4 is 88.6 Å². The molecule has 3 fully saturated rings. The first-order chi connectivity index (χ1) is 44.2. The van der Waals surface area contributed by atoms with Crippen LogP contribution in [0.15, 0.2) is 214 Å². The minimum Gasteiger partial charge on any atom is -0.476 e. The van der Waals surface area contributed by atoms with E-state index >= 15 is 0 Å². The lowest BCUT2D eigenvalue weighted by Gasteiger charge is -2.40. The Kier molecular flexibility index (Phi) is 17.1. The number of carbonyl (C=O) groups excluding carboxylic acids is 1. The molecule has 0 amide bonds. The summed E-state index contributed by atoms with van der Waals surface area (Å²) < 4.78 is 27.2. The number of hydrogen-bond donors (Lipinski definition) is 8. The number of esters is 1. The first-order valence-corrected chi connectivity index (χ1v) is 32.7. The molecule has 3 aromatic heterocycles. The van der Waals surface area contributed by atoms with Crippen molar-refractivity contribution in [1.82, 2.24) is 15.0 Å². The van der Waals surface area contributed by atoms with Crippen LogP contribution in [0.25, 0.3) is 0 Å². The summed E-state index contributed by atoms with van der Waals surface area (Å²) in [6, 6.07) is 55.0. The van der Waals surface area contributed by atoms with E-state index in [0.29, 0.717) is 48.8 Å². The fourth-order valence-electron chi connectivity index (χ4n) is 15.6. The largest absolute Gasteiger partial charge is 0.476 e. The third-order valence-corrected chi connectivity index (χ3v) is 21.4. The Morgan fingerprint density at radius 3 is 1.03 bits per heavy atom. The average Bonchev–Trinajstić information content (AvgIpc) is 1.52. The number of benzene rings is 6. The maximum atomic E-state index is 13.0. The van der Waals surface area contributed by atoms with Crippen molar-refractivity contribution in [2.45, 2.75) is 69.7 Å². The molecule has 0 saturated heterocycles. The summed E-state index contributed by atoms with van der Waals surface area (Å²) in [6.07, 6.45) is 0.0530. The Bertz CT molecular complexity index is 4060. The van der Waals surface area contributed by atoms with E-state index in [1.807, 2.05) is 152 Å². The van der Waals surface area contributed by atoms with E-state index in [1.54, 1.807) is 30.3 Å². The molecular formula is C70H57Br3Cl3N3O13. The smallest absolute Gasteiger partial charge is 0.312 e. The molecule has 6 aliphatic rings. The van der Waals surface area contributed by atoms with Crippen molar-refractivity contribution in [2.24, 2.45) is 17.8 Å². The van der Waals surface area contributed by atoms with E-state index in [9.17, 15) is 45.6 Å². The van der Waals surface area contributed by atoms with Gasteiger partial charge in [-0.1, -0.05) is 210 Å². The number of aromatic nitrogens is 3. The summed E-state index contributed by atoms with van der Waals surface area (Å²) in [5, 5.41) is 92.4. The molecule has 15 atom stereocenters. The second kappa shape index (κ2) is 24.4. The Hall–Kier alpha value is -6.37. The van der Waals surface area contributed by atoms with Gasteiger partial charge in [-0.15, -0.1) is 0 Å². The van der Waals surface area contributed by atoms with Gasteiger partial charge in [0.15, 0.2) is 33.6 Å². The highest BCUT2D eigenvalue weighted by Crippen LogP contribution is 2.71. The quantitative estimate of drug-likeness (QED) is 0.0625. The molecule has 472 valence electrons. The van der Waals surface area contributed by atoms with Crippen LogP contribution in [0.3, 0.4) is 0 Å². The monoisotopic (exact) mass is 1490 g/mol. The molecule has 6 heterocycles. The van der Waals surface area contributed by atoms with Crippen LogP contribution in [0.1, 0.15) is 68.2 Å².